The number of nitrogens with zero attached hydrogens (tertiary/aromatic N) is 4. The number of halogens is 5. The number of benzene rings is 3. The minimum Gasteiger partial charge on any atom is -0.381 e. The van der Waals surface area contributed by atoms with Crippen LogP contribution in [-0.4, -0.2) is 85.6 Å². The lowest BCUT2D eigenvalue weighted by Gasteiger charge is -2.37. The highest BCUT2D eigenvalue weighted by Crippen LogP contribution is 2.35. The number of hydrogen-bond donors (Lipinski definition) is 2. The minimum absolute atomic E-state index is 0.103. The molecule has 0 radical (unpaired) electrons. The van der Waals surface area contributed by atoms with E-state index in [2.05, 4.69) is 20.4 Å². The first-order valence-corrected chi connectivity index (χ1v) is 15.3. The molecule has 0 bridgehead atoms. The molecular weight excluding hydrogens is 623 g/mol. The largest absolute Gasteiger partial charge is 0.471 e. The number of piperazine rings is 1. The van der Waals surface area contributed by atoms with Crippen LogP contribution in [0.4, 0.5) is 39.1 Å². The quantitative estimate of drug-likeness (QED) is 0.255. The van der Waals surface area contributed by atoms with Crippen LogP contribution in [0.25, 0.3) is 10.9 Å². The van der Waals surface area contributed by atoms with Gasteiger partial charge in [0, 0.05) is 62.6 Å². The maximum Gasteiger partial charge on any atom is 0.471 e. The van der Waals surface area contributed by atoms with Gasteiger partial charge < -0.3 is 24.8 Å². The summed E-state index contributed by atoms with van der Waals surface area (Å²) in [7, 11) is 1.98. The number of rotatable bonds is 7. The Balaban J connectivity index is 1.36. The van der Waals surface area contributed by atoms with Crippen molar-refractivity contribution >= 4 is 39.9 Å². The fourth-order valence-corrected chi connectivity index (χ4v) is 6.11. The summed E-state index contributed by atoms with van der Waals surface area (Å²) in [6.07, 6.45) is -4.65. The highest BCUT2D eigenvalue weighted by Gasteiger charge is 2.46. The first-order chi connectivity index (χ1) is 22.5. The molecule has 2 amide bonds. The number of fused-ring (bicyclic) bond motifs is 1. The molecule has 2 saturated heterocycles. The van der Waals surface area contributed by atoms with Crippen molar-refractivity contribution in [1.29, 1.82) is 0 Å². The summed E-state index contributed by atoms with van der Waals surface area (Å²) in [5.74, 6) is -4.12. The van der Waals surface area contributed by atoms with Crippen molar-refractivity contribution in [2.75, 3.05) is 61.6 Å². The lowest BCUT2D eigenvalue weighted by atomic mass is 10.0. The molecule has 2 N–H and O–H groups in total. The zero-order chi connectivity index (χ0) is 33.3. The van der Waals surface area contributed by atoms with Gasteiger partial charge in [-0.3, -0.25) is 14.7 Å². The number of ether oxygens (including phenoxy) is 1. The number of likely N-dealkylation sites (N-methyl/N-ethyl adjacent to an activating group) is 1. The molecule has 1 aromatic heterocycles. The third-order valence-electron chi connectivity index (χ3n) is 8.56. The lowest BCUT2D eigenvalue weighted by Crippen LogP contribution is -2.50. The normalized spacial score (nSPS) is 16.4. The third-order valence-corrected chi connectivity index (χ3v) is 8.56. The summed E-state index contributed by atoms with van der Waals surface area (Å²) >= 11 is 0. The number of nitrogens with one attached hydrogen (secondary N) is 2. The minimum atomic E-state index is -5.19. The SMILES string of the molecule is CN1CCN(c2ccc(C(=O)Nc3n[nH]c4ccc(Cc5cc(F)cc(F)c5)cc34)c(N(C(=O)C(F)(F)F)C3CCOCC3)c2)CC1. The summed E-state index contributed by atoms with van der Waals surface area (Å²) in [6, 6.07) is 12.1. The van der Waals surface area contributed by atoms with E-state index in [0.29, 0.717) is 45.7 Å². The average Bonchev–Trinajstić information content (AvgIpc) is 3.42. The van der Waals surface area contributed by atoms with Crippen molar-refractivity contribution in [3.8, 4) is 0 Å². The standard InChI is InChI=1S/C33H33F5N6O3/c1-42-8-10-43(11-9-42)25-3-4-26(29(19-25)44(32(46)33(36,37)38)24-6-12-47-13-7-24)31(45)39-30-27-17-20(2-5-28(27)40-41-30)14-21-15-22(34)18-23(35)16-21/h2-5,15-19,24H,6-14H2,1H3,(H2,39,40,41,45). The molecule has 4 aromatic rings. The summed E-state index contributed by atoms with van der Waals surface area (Å²) in [6.45, 7) is 3.08. The van der Waals surface area contributed by atoms with Crippen molar-refractivity contribution in [2.24, 2.45) is 0 Å². The molecule has 14 heteroatoms. The van der Waals surface area contributed by atoms with Crippen LogP contribution in [0, 0.1) is 11.6 Å². The predicted octanol–water partition coefficient (Wildman–Crippen LogP) is 5.51. The van der Waals surface area contributed by atoms with Gasteiger partial charge in [-0.25, -0.2) is 8.78 Å². The van der Waals surface area contributed by atoms with Crippen molar-refractivity contribution in [3.05, 3.63) is 82.9 Å². The fourth-order valence-electron chi connectivity index (χ4n) is 6.11. The summed E-state index contributed by atoms with van der Waals surface area (Å²) in [5, 5.41) is 10.2. The van der Waals surface area contributed by atoms with E-state index < -0.39 is 35.7 Å². The Labute approximate surface area is 267 Å². The molecule has 3 heterocycles. The molecule has 248 valence electrons. The second kappa shape index (κ2) is 13.3. The highest BCUT2D eigenvalue weighted by atomic mass is 19.4. The molecule has 2 aliphatic heterocycles. The first kappa shape index (κ1) is 32.4. The molecule has 0 unspecified atom stereocenters. The second-order valence-electron chi connectivity index (χ2n) is 11.9. The van der Waals surface area contributed by atoms with E-state index in [1.165, 1.54) is 24.3 Å². The van der Waals surface area contributed by atoms with Crippen LogP contribution in [0.2, 0.25) is 0 Å². The van der Waals surface area contributed by atoms with Gasteiger partial charge in [0.05, 0.1) is 16.8 Å². The van der Waals surface area contributed by atoms with Gasteiger partial charge in [-0.1, -0.05) is 6.07 Å². The van der Waals surface area contributed by atoms with Gasteiger partial charge in [-0.2, -0.15) is 18.3 Å². The van der Waals surface area contributed by atoms with Gasteiger partial charge in [-0.15, -0.1) is 0 Å². The Morgan fingerprint density at radius 3 is 2.34 bits per heavy atom. The Bertz CT molecular complexity index is 1760. The Hall–Kier alpha value is -4.56. The van der Waals surface area contributed by atoms with E-state index in [1.54, 1.807) is 24.3 Å². The van der Waals surface area contributed by atoms with Gasteiger partial charge >= 0.3 is 12.1 Å². The Morgan fingerprint density at radius 2 is 1.66 bits per heavy atom. The van der Waals surface area contributed by atoms with Crippen LogP contribution in [-0.2, 0) is 16.0 Å². The van der Waals surface area contributed by atoms with E-state index in [-0.39, 0.29) is 49.5 Å². The van der Waals surface area contributed by atoms with Crippen LogP contribution in [0.1, 0.15) is 34.3 Å². The second-order valence-corrected chi connectivity index (χ2v) is 11.9. The summed E-state index contributed by atoms with van der Waals surface area (Å²) < 4.78 is 75.2. The predicted molar refractivity (Wildman–Crippen MR) is 167 cm³/mol. The number of aromatic nitrogens is 2. The molecule has 6 rings (SSSR count). The number of alkyl halides is 3. The van der Waals surface area contributed by atoms with Gasteiger partial charge in [-0.05, 0) is 79.9 Å². The van der Waals surface area contributed by atoms with E-state index in [4.69, 9.17) is 4.74 Å². The van der Waals surface area contributed by atoms with Crippen LogP contribution in [0.3, 0.4) is 0 Å². The fraction of sp³-hybridized carbons (Fsp3) is 0.364. The van der Waals surface area contributed by atoms with E-state index >= 15 is 0 Å². The van der Waals surface area contributed by atoms with E-state index in [0.717, 1.165) is 19.2 Å². The van der Waals surface area contributed by atoms with Crippen molar-refractivity contribution in [1.82, 2.24) is 15.1 Å². The van der Waals surface area contributed by atoms with E-state index in [1.807, 2.05) is 11.9 Å². The summed E-state index contributed by atoms with van der Waals surface area (Å²) in [4.78, 5) is 31.8. The smallest absolute Gasteiger partial charge is 0.381 e. The van der Waals surface area contributed by atoms with Gasteiger partial charge in [0.2, 0.25) is 0 Å². The monoisotopic (exact) mass is 656 g/mol. The maximum absolute atomic E-state index is 14.1. The number of hydrogen-bond acceptors (Lipinski definition) is 6. The lowest BCUT2D eigenvalue weighted by molar-refractivity contribution is -0.171. The van der Waals surface area contributed by atoms with Gasteiger partial charge in [0.15, 0.2) is 5.82 Å². The average molecular weight is 657 g/mol. The molecule has 3 aromatic carbocycles. The van der Waals surface area contributed by atoms with Crippen LogP contribution >= 0.6 is 0 Å². The number of H-pyrrole nitrogens is 1. The topological polar surface area (TPSA) is 93.8 Å². The molecule has 2 fully saturated rings. The number of anilines is 3. The molecule has 2 aliphatic rings. The van der Waals surface area contributed by atoms with Crippen molar-refractivity contribution in [2.45, 2.75) is 31.5 Å². The van der Waals surface area contributed by atoms with Crippen LogP contribution < -0.4 is 15.1 Å². The molecule has 0 saturated carbocycles. The Kier molecular flexibility index (Phi) is 9.15. The molecule has 0 spiro atoms. The number of carbonyl (C=O) groups excluding carboxylic acids is 2. The number of carbonyl (C=O) groups is 2. The molecule has 0 atom stereocenters. The van der Waals surface area contributed by atoms with Crippen molar-refractivity contribution in [3.63, 3.8) is 0 Å². The van der Waals surface area contributed by atoms with Crippen LogP contribution in [0.15, 0.2) is 54.6 Å². The Morgan fingerprint density at radius 1 is 0.957 bits per heavy atom. The zero-order valence-corrected chi connectivity index (χ0v) is 25.5. The third kappa shape index (κ3) is 7.23. The first-order valence-electron chi connectivity index (χ1n) is 15.3. The van der Waals surface area contributed by atoms with Crippen molar-refractivity contribution < 1.29 is 36.3 Å². The molecule has 0 aliphatic carbocycles. The van der Waals surface area contributed by atoms with Gasteiger partial charge in [0.25, 0.3) is 5.91 Å². The summed E-state index contributed by atoms with van der Waals surface area (Å²) in [5.41, 5.74) is 1.95. The number of amides is 2. The highest BCUT2D eigenvalue weighted by molar-refractivity contribution is 6.13. The number of aromatic amines is 1. The van der Waals surface area contributed by atoms with E-state index in [9.17, 15) is 31.5 Å². The zero-order valence-electron chi connectivity index (χ0n) is 25.5. The molecule has 9 nitrogen and oxygen atoms in total. The molecule has 47 heavy (non-hydrogen) atoms. The maximum atomic E-state index is 14.1. The molecular formula is C33H33F5N6O3. The van der Waals surface area contributed by atoms with Crippen LogP contribution in [0.5, 0.6) is 0 Å². The van der Waals surface area contributed by atoms with Gasteiger partial charge in [0.1, 0.15) is 11.6 Å².